The summed E-state index contributed by atoms with van der Waals surface area (Å²) in [6, 6.07) is 16.8. The smallest absolute Gasteiger partial charge is 0.323 e. The molecule has 33 heavy (non-hydrogen) atoms. The van der Waals surface area contributed by atoms with Crippen molar-refractivity contribution >= 4 is 5.97 Å². The van der Waals surface area contributed by atoms with E-state index in [-0.39, 0.29) is 12.4 Å². The second-order valence-electron chi connectivity index (χ2n) is 8.76. The lowest BCUT2D eigenvalue weighted by Crippen LogP contribution is -2.33. The molecule has 1 N–H and O–H groups in total. The molecule has 0 amide bonds. The molecular formula is C26H30FN3O3. The Balaban J connectivity index is 1.12. The molecule has 2 aromatic rings. The van der Waals surface area contributed by atoms with E-state index in [1.165, 1.54) is 12.1 Å². The summed E-state index contributed by atoms with van der Waals surface area (Å²) < 4.78 is 23.8. The summed E-state index contributed by atoms with van der Waals surface area (Å²) in [4.78, 5) is 14.2. The highest BCUT2D eigenvalue weighted by Crippen LogP contribution is 2.45. The summed E-state index contributed by atoms with van der Waals surface area (Å²) in [5.74, 6) is 0.702. The SMILES string of the molecule is CCOC(=O)C(C#N)Cc1ccc(OCCNC2[C@H]3CN(Cc4ccc(F)cc4)C[C@@H]23)cc1. The van der Waals surface area contributed by atoms with Crippen LogP contribution in [0, 0.1) is 34.9 Å². The van der Waals surface area contributed by atoms with Gasteiger partial charge < -0.3 is 14.8 Å². The average molecular weight is 452 g/mol. The Hall–Kier alpha value is -2.95. The fourth-order valence-corrected chi connectivity index (χ4v) is 4.67. The molecule has 4 atom stereocenters. The van der Waals surface area contributed by atoms with Gasteiger partial charge in [-0.25, -0.2) is 4.39 Å². The summed E-state index contributed by atoms with van der Waals surface area (Å²) >= 11 is 0. The number of nitrogens with zero attached hydrogens (tertiary/aromatic N) is 2. The molecule has 0 bridgehead atoms. The Bertz CT molecular complexity index is 962. The number of carbonyl (C=O) groups excluding carboxylic acids is 1. The van der Waals surface area contributed by atoms with E-state index in [1.54, 1.807) is 6.92 Å². The Morgan fingerprint density at radius 3 is 2.45 bits per heavy atom. The number of hydrogen-bond donors (Lipinski definition) is 1. The van der Waals surface area contributed by atoms with Gasteiger partial charge in [0.1, 0.15) is 24.1 Å². The Labute approximate surface area is 194 Å². The second-order valence-corrected chi connectivity index (χ2v) is 8.76. The summed E-state index contributed by atoms with van der Waals surface area (Å²) in [7, 11) is 0. The van der Waals surface area contributed by atoms with E-state index in [4.69, 9.17) is 9.47 Å². The summed E-state index contributed by atoms with van der Waals surface area (Å²) in [6.45, 7) is 6.42. The van der Waals surface area contributed by atoms with Crippen LogP contribution < -0.4 is 10.1 Å². The van der Waals surface area contributed by atoms with Gasteiger partial charge in [-0.1, -0.05) is 24.3 Å². The quantitative estimate of drug-likeness (QED) is 0.418. The monoisotopic (exact) mass is 451 g/mol. The van der Waals surface area contributed by atoms with Crippen LogP contribution in [0.15, 0.2) is 48.5 Å². The maximum atomic E-state index is 13.0. The van der Waals surface area contributed by atoms with Crippen molar-refractivity contribution in [3.63, 3.8) is 0 Å². The molecule has 2 aromatic carbocycles. The van der Waals surface area contributed by atoms with Crippen molar-refractivity contribution in [2.24, 2.45) is 17.8 Å². The van der Waals surface area contributed by atoms with Crippen LogP contribution in [0.4, 0.5) is 4.39 Å². The van der Waals surface area contributed by atoms with Gasteiger partial charge in [-0.05, 0) is 60.6 Å². The third-order valence-electron chi connectivity index (χ3n) is 6.43. The molecule has 0 radical (unpaired) electrons. The first-order valence-electron chi connectivity index (χ1n) is 11.6. The van der Waals surface area contributed by atoms with Crippen molar-refractivity contribution in [3.8, 4) is 11.8 Å². The molecule has 2 fully saturated rings. The van der Waals surface area contributed by atoms with Crippen LogP contribution in [0.25, 0.3) is 0 Å². The minimum absolute atomic E-state index is 0.188. The highest BCUT2D eigenvalue weighted by molar-refractivity contribution is 5.75. The van der Waals surface area contributed by atoms with E-state index in [2.05, 4.69) is 10.2 Å². The zero-order valence-corrected chi connectivity index (χ0v) is 18.9. The van der Waals surface area contributed by atoms with E-state index in [0.29, 0.717) is 30.9 Å². The van der Waals surface area contributed by atoms with E-state index < -0.39 is 11.9 Å². The van der Waals surface area contributed by atoms with Gasteiger partial charge in [0.2, 0.25) is 0 Å². The van der Waals surface area contributed by atoms with Crippen molar-refractivity contribution in [3.05, 3.63) is 65.5 Å². The number of benzene rings is 2. The van der Waals surface area contributed by atoms with Gasteiger partial charge in [0.25, 0.3) is 0 Å². The van der Waals surface area contributed by atoms with Gasteiger partial charge in [-0.3, -0.25) is 9.69 Å². The molecule has 2 unspecified atom stereocenters. The highest BCUT2D eigenvalue weighted by Gasteiger charge is 2.55. The molecule has 6 nitrogen and oxygen atoms in total. The normalized spacial score (nSPS) is 22.3. The topological polar surface area (TPSA) is 74.6 Å². The summed E-state index contributed by atoms with van der Waals surface area (Å²) in [5.41, 5.74) is 2.06. The zero-order valence-electron chi connectivity index (χ0n) is 18.9. The minimum atomic E-state index is -0.787. The first kappa shape index (κ1) is 23.2. The molecule has 4 rings (SSSR count). The Kier molecular flexibility index (Phi) is 7.58. The number of esters is 1. The van der Waals surface area contributed by atoms with E-state index in [0.717, 1.165) is 43.1 Å². The lowest BCUT2D eigenvalue weighted by Gasteiger charge is -2.20. The molecule has 2 aliphatic rings. The number of piperidine rings is 1. The highest BCUT2D eigenvalue weighted by atomic mass is 19.1. The average Bonchev–Trinajstić information content (AvgIpc) is 3.27. The van der Waals surface area contributed by atoms with Crippen LogP contribution in [0.1, 0.15) is 18.1 Å². The molecule has 1 saturated heterocycles. The van der Waals surface area contributed by atoms with Crippen molar-refractivity contribution in [1.29, 1.82) is 5.26 Å². The fourth-order valence-electron chi connectivity index (χ4n) is 4.67. The molecular weight excluding hydrogens is 421 g/mol. The predicted molar refractivity (Wildman–Crippen MR) is 122 cm³/mol. The first-order valence-corrected chi connectivity index (χ1v) is 11.6. The van der Waals surface area contributed by atoms with Gasteiger partial charge in [-0.15, -0.1) is 0 Å². The number of nitrogens with one attached hydrogen (secondary N) is 1. The van der Waals surface area contributed by atoms with Crippen molar-refractivity contribution in [1.82, 2.24) is 10.2 Å². The zero-order chi connectivity index (χ0) is 23.2. The number of nitriles is 1. The maximum absolute atomic E-state index is 13.0. The van der Waals surface area contributed by atoms with Crippen molar-refractivity contribution in [2.45, 2.75) is 25.9 Å². The lowest BCUT2D eigenvalue weighted by atomic mass is 10.0. The largest absolute Gasteiger partial charge is 0.492 e. The molecule has 1 aliphatic heterocycles. The molecule has 7 heteroatoms. The lowest BCUT2D eigenvalue weighted by molar-refractivity contribution is -0.145. The number of likely N-dealkylation sites (tertiary alicyclic amines) is 1. The van der Waals surface area contributed by atoms with Crippen LogP contribution in [0.5, 0.6) is 5.75 Å². The summed E-state index contributed by atoms with van der Waals surface area (Å²) in [6.07, 6.45) is 0.333. The predicted octanol–water partition coefficient (Wildman–Crippen LogP) is 3.17. The molecule has 1 saturated carbocycles. The maximum Gasteiger partial charge on any atom is 0.323 e. The third-order valence-corrected chi connectivity index (χ3v) is 6.43. The van der Waals surface area contributed by atoms with Crippen LogP contribution in [0.2, 0.25) is 0 Å². The number of halogens is 1. The van der Waals surface area contributed by atoms with Crippen LogP contribution in [0.3, 0.4) is 0 Å². The Morgan fingerprint density at radius 2 is 1.82 bits per heavy atom. The number of rotatable bonds is 11. The number of ether oxygens (including phenoxy) is 2. The molecule has 1 aliphatic carbocycles. The van der Waals surface area contributed by atoms with E-state index >= 15 is 0 Å². The summed E-state index contributed by atoms with van der Waals surface area (Å²) in [5, 5.41) is 12.8. The number of carbonyl (C=O) groups is 1. The molecule has 1 heterocycles. The molecule has 0 spiro atoms. The number of hydrogen-bond acceptors (Lipinski definition) is 6. The first-order chi connectivity index (χ1) is 16.1. The van der Waals surface area contributed by atoms with Gasteiger partial charge >= 0.3 is 5.97 Å². The van der Waals surface area contributed by atoms with Gasteiger partial charge in [-0.2, -0.15) is 5.26 Å². The van der Waals surface area contributed by atoms with Crippen molar-refractivity contribution in [2.75, 3.05) is 32.8 Å². The fraction of sp³-hybridized carbons (Fsp3) is 0.462. The standard InChI is InChI=1S/C26H30FN3O3/c1-2-32-26(31)20(14-28)13-18-5-9-22(10-6-18)33-12-11-29-25-23-16-30(17-24(23)25)15-19-3-7-21(27)8-4-19/h3-10,20,23-25,29H,2,11-13,15-17H2,1H3/t20?,23-,24+,25?. The minimum Gasteiger partial charge on any atom is -0.492 e. The van der Waals surface area contributed by atoms with Gasteiger partial charge in [0, 0.05) is 32.2 Å². The third kappa shape index (κ3) is 6.10. The van der Waals surface area contributed by atoms with E-state index in [9.17, 15) is 14.4 Å². The molecule has 174 valence electrons. The van der Waals surface area contributed by atoms with Crippen LogP contribution in [-0.4, -0.2) is 49.8 Å². The second kappa shape index (κ2) is 10.8. The van der Waals surface area contributed by atoms with Crippen LogP contribution in [-0.2, 0) is 22.5 Å². The Morgan fingerprint density at radius 1 is 1.15 bits per heavy atom. The van der Waals surface area contributed by atoms with E-state index in [1.807, 2.05) is 42.5 Å². The van der Waals surface area contributed by atoms with Gasteiger partial charge in [0.15, 0.2) is 0 Å². The number of fused-ring (bicyclic) bond motifs is 1. The molecule has 0 aromatic heterocycles. The van der Waals surface area contributed by atoms with Crippen LogP contribution >= 0.6 is 0 Å². The van der Waals surface area contributed by atoms with Crippen molar-refractivity contribution < 1.29 is 18.7 Å². The van der Waals surface area contributed by atoms with Gasteiger partial charge in [0.05, 0.1) is 12.7 Å².